The summed E-state index contributed by atoms with van der Waals surface area (Å²) in [5, 5.41) is 2.49. The van der Waals surface area contributed by atoms with Crippen LogP contribution in [0.5, 0.6) is 5.75 Å². The molecule has 2 amide bonds. The maximum atomic E-state index is 14.5. The molecule has 0 fully saturated rings. The fraction of sp³-hybridized carbons (Fsp3) is 0.259. The summed E-state index contributed by atoms with van der Waals surface area (Å²) in [5.41, 5.74) is 1.11. The first-order chi connectivity index (χ1) is 17.6. The third-order valence-electron chi connectivity index (χ3n) is 5.93. The van der Waals surface area contributed by atoms with E-state index in [4.69, 9.17) is 4.74 Å². The lowest BCUT2D eigenvalue weighted by Crippen LogP contribution is -2.50. The quantitative estimate of drug-likeness (QED) is 0.436. The van der Waals surface area contributed by atoms with Gasteiger partial charge < -0.3 is 15.0 Å². The molecule has 1 atom stereocenters. The number of ether oxygens (including phenoxy) is 1. The number of benzene rings is 3. The van der Waals surface area contributed by atoms with Crippen LogP contribution < -0.4 is 14.4 Å². The van der Waals surface area contributed by atoms with Crippen molar-refractivity contribution in [2.45, 2.75) is 31.3 Å². The van der Waals surface area contributed by atoms with E-state index in [1.165, 1.54) is 51.4 Å². The minimum absolute atomic E-state index is 0.0219. The average molecular weight is 528 g/mol. The Balaban J connectivity index is 2.11. The van der Waals surface area contributed by atoms with Gasteiger partial charge in [0, 0.05) is 19.2 Å². The summed E-state index contributed by atoms with van der Waals surface area (Å²) in [6, 6.07) is 17.6. The molecule has 0 spiro atoms. The Labute approximate surface area is 216 Å². The van der Waals surface area contributed by atoms with Gasteiger partial charge in [0.05, 0.1) is 17.7 Å². The van der Waals surface area contributed by atoms with E-state index in [0.29, 0.717) is 0 Å². The molecule has 3 rings (SSSR count). The highest BCUT2D eigenvalue weighted by Crippen LogP contribution is 2.33. The first-order valence-electron chi connectivity index (χ1n) is 11.6. The molecule has 0 aliphatic rings. The monoisotopic (exact) mass is 527 g/mol. The van der Waals surface area contributed by atoms with E-state index in [1.807, 2.05) is 0 Å². The highest BCUT2D eigenvalue weighted by Gasteiger charge is 2.33. The number of hydrogen-bond acceptors (Lipinski definition) is 5. The van der Waals surface area contributed by atoms with Gasteiger partial charge in [0.25, 0.3) is 10.0 Å². The van der Waals surface area contributed by atoms with Crippen molar-refractivity contribution in [3.05, 3.63) is 89.7 Å². The maximum absolute atomic E-state index is 14.5. The third kappa shape index (κ3) is 6.26. The van der Waals surface area contributed by atoms with Crippen molar-refractivity contribution < 1.29 is 27.1 Å². The highest BCUT2D eigenvalue weighted by molar-refractivity contribution is 7.92. The average Bonchev–Trinajstić information content (AvgIpc) is 2.90. The molecule has 0 saturated heterocycles. The van der Waals surface area contributed by atoms with Crippen LogP contribution in [-0.2, 0) is 26.2 Å². The van der Waals surface area contributed by atoms with Crippen molar-refractivity contribution in [1.29, 1.82) is 0 Å². The summed E-state index contributed by atoms with van der Waals surface area (Å²) in [4.78, 5) is 27.4. The van der Waals surface area contributed by atoms with Crippen molar-refractivity contribution in [3.63, 3.8) is 0 Å². The van der Waals surface area contributed by atoms with Crippen LogP contribution in [0.3, 0.4) is 0 Å². The Morgan fingerprint density at radius 1 is 1.03 bits per heavy atom. The van der Waals surface area contributed by atoms with Gasteiger partial charge in [-0.25, -0.2) is 12.8 Å². The summed E-state index contributed by atoms with van der Waals surface area (Å²) in [7, 11) is -1.40. The van der Waals surface area contributed by atoms with E-state index in [9.17, 15) is 22.4 Å². The van der Waals surface area contributed by atoms with E-state index in [2.05, 4.69) is 5.32 Å². The molecule has 0 unspecified atom stereocenters. The smallest absolute Gasteiger partial charge is 0.264 e. The second kappa shape index (κ2) is 11.9. The van der Waals surface area contributed by atoms with Gasteiger partial charge in [-0.1, -0.05) is 42.5 Å². The lowest BCUT2D eigenvalue weighted by Gasteiger charge is -2.32. The molecule has 1 N–H and O–H groups in total. The van der Waals surface area contributed by atoms with Crippen molar-refractivity contribution in [2.24, 2.45) is 0 Å². The molecule has 0 aliphatic carbocycles. The van der Waals surface area contributed by atoms with Gasteiger partial charge in [0.1, 0.15) is 24.2 Å². The number of carbonyl (C=O) groups excluding carboxylic acids is 2. The van der Waals surface area contributed by atoms with E-state index in [0.717, 1.165) is 14.8 Å². The van der Waals surface area contributed by atoms with Gasteiger partial charge in [-0.05, 0) is 49.7 Å². The van der Waals surface area contributed by atoms with Crippen LogP contribution in [0, 0.1) is 12.7 Å². The van der Waals surface area contributed by atoms with Crippen LogP contribution >= 0.6 is 0 Å². The molecule has 196 valence electrons. The lowest BCUT2D eigenvalue weighted by molar-refractivity contribution is -0.139. The lowest BCUT2D eigenvalue weighted by atomic mass is 10.1. The number of nitrogens with one attached hydrogen (secondary N) is 1. The van der Waals surface area contributed by atoms with Gasteiger partial charge in [0.2, 0.25) is 11.8 Å². The van der Waals surface area contributed by atoms with Crippen LogP contribution in [-0.4, -0.2) is 51.9 Å². The molecule has 8 nitrogen and oxygen atoms in total. The van der Waals surface area contributed by atoms with Crippen molar-refractivity contribution in [1.82, 2.24) is 10.2 Å². The maximum Gasteiger partial charge on any atom is 0.264 e. The minimum atomic E-state index is -4.23. The van der Waals surface area contributed by atoms with E-state index in [1.54, 1.807) is 49.4 Å². The van der Waals surface area contributed by atoms with Gasteiger partial charge >= 0.3 is 0 Å². The Bertz CT molecular complexity index is 1370. The molecule has 0 aliphatic heterocycles. The molecule has 3 aromatic carbocycles. The standard InChI is InChI=1S/C27H30FN3O5S/c1-19-14-15-25(36-4)24(16-19)31(37(34,35)22-11-6-5-7-12-22)18-26(32)30(20(2)27(33)29-3)17-21-10-8-9-13-23(21)28/h5-16,20H,17-18H2,1-4H3,(H,29,33)/t20-/m0/s1. The van der Waals surface area contributed by atoms with Crippen LogP contribution in [0.2, 0.25) is 0 Å². The molecule has 10 heteroatoms. The van der Waals surface area contributed by atoms with Gasteiger partial charge in [0.15, 0.2) is 0 Å². The van der Waals surface area contributed by atoms with E-state index in [-0.39, 0.29) is 28.4 Å². The molecule has 37 heavy (non-hydrogen) atoms. The van der Waals surface area contributed by atoms with Gasteiger partial charge in [-0.15, -0.1) is 0 Å². The van der Waals surface area contributed by atoms with E-state index < -0.39 is 40.2 Å². The molecule has 0 heterocycles. The summed E-state index contributed by atoms with van der Waals surface area (Å²) >= 11 is 0. The molecule has 0 bridgehead atoms. The zero-order chi connectivity index (χ0) is 27.2. The zero-order valence-electron chi connectivity index (χ0n) is 21.1. The normalized spacial score (nSPS) is 11.9. The second-order valence-electron chi connectivity index (χ2n) is 8.40. The first-order valence-corrected chi connectivity index (χ1v) is 13.0. The Hall–Kier alpha value is -3.92. The number of amides is 2. The summed E-state index contributed by atoms with van der Waals surface area (Å²) < 4.78 is 48.5. The number of aryl methyl sites for hydroxylation is 1. The number of carbonyl (C=O) groups is 2. The minimum Gasteiger partial charge on any atom is -0.495 e. The highest BCUT2D eigenvalue weighted by atomic mass is 32.2. The van der Waals surface area contributed by atoms with Crippen LogP contribution in [0.25, 0.3) is 0 Å². The van der Waals surface area contributed by atoms with Gasteiger partial charge in [-0.2, -0.15) is 0 Å². The molecular weight excluding hydrogens is 497 g/mol. The number of hydrogen-bond donors (Lipinski definition) is 1. The number of nitrogens with zero attached hydrogens (tertiary/aromatic N) is 2. The topological polar surface area (TPSA) is 96.0 Å². The number of anilines is 1. The molecule has 0 radical (unpaired) electrons. The fourth-order valence-corrected chi connectivity index (χ4v) is 5.27. The Morgan fingerprint density at radius 2 is 1.68 bits per heavy atom. The number of likely N-dealkylation sites (N-methyl/N-ethyl adjacent to an activating group) is 1. The van der Waals surface area contributed by atoms with Crippen LogP contribution in [0.4, 0.5) is 10.1 Å². The van der Waals surface area contributed by atoms with Crippen molar-refractivity contribution in [2.75, 3.05) is 25.0 Å². The molecule has 0 saturated carbocycles. The Kier molecular flexibility index (Phi) is 8.88. The number of methoxy groups -OCH3 is 1. The molecular formula is C27H30FN3O5S. The van der Waals surface area contributed by atoms with Crippen LogP contribution in [0.1, 0.15) is 18.1 Å². The summed E-state index contributed by atoms with van der Waals surface area (Å²) in [5.74, 6) is -1.46. The second-order valence-corrected chi connectivity index (χ2v) is 10.3. The predicted molar refractivity (Wildman–Crippen MR) is 139 cm³/mol. The molecule has 0 aromatic heterocycles. The largest absolute Gasteiger partial charge is 0.495 e. The van der Waals surface area contributed by atoms with E-state index >= 15 is 0 Å². The third-order valence-corrected chi connectivity index (χ3v) is 7.70. The van der Waals surface area contributed by atoms with Crippen molar-refractivity contribution >= 4 is 27.5 Å². The Morgan fingerprint density at radius 3 is 2.30 bits per heavy atom. The van der Waals surface area contributed by atoms with Gasteiger partial charge in [-0.3, -0.25) is 13.9 Å². The van der Waals surface area contributed by atoms with Crippen molar-refractivity contribution in [3.8, 4) is 5.75 Å². The predicted octanol–water partition coefficient (Wildman–Crippen LogP) is 3.50. The summed E-state index contributed by atoms with van der Waals surface area (Å²) in [6.07, 6.45) is 0. The SMILES string of the molecule is CNC(=O)[C@H](C)N(Cc1ccccc1F)C(=O)CN(c1cc(C)ccc1OC)S(=O)(=O)c1ccccc1. The number of halogens is 1. The fourth-order valence-electron chi connectivity index (χ4n) is 3.83. The zero-order valence-corrected chi connectivity index (χ0v) is 22.0. The molecule has 3 aromatic rings. The number of sulfonamides is 1. The number of rotatable bonds is 10. The van der Waals surface area contributed by atoms with Crippen LogP contribution in [0.15, 0.2) is 77.7 Å². The first kappa shape index (κ1) is 27.7. The summed E-state index contributed by atoms with van der Waals surface area (Å²) in [6.45, 7) is 2.41.